The van der Waals surface area contributed by atoms with Crippen molar-refractivity contribution in [3.05, 3.63) is 65.8 Å². The molecule has 0 saturated carbocycles. The first-order valence-corrected chi connectivity index (χ1v) is 5.75. The van der Waals surface area contributed by atoms with Crippen LogP contribution in [-0.2, 0) is 0 Å². The van der Waals surface area contributed by atoms with E-state index in [4.69, 9.17) is 9.62 Å². The van der Waals surface area contributed by atoms with E-state index < -0.39 is 5.82 Å². The van der Waals surface area contributed by atoms with Crippen LogP contribution in [-0.4, -0.2) is 5.21 Å². The van der Waals surface area contributed by atoms with Gasteiger partial charge in [0.2, 0.25) is 0 Å². The Labute approximate surface area is 108 Å². The van der Waals surface area contributed by atoms with Gasteiger partial charge in [0.15, 0.2) is 0 Å². The molecular weight excluding hydrogens is 245 g/mol. The van der Waals surface area contributed by atoms with Crippen LogP contribution in [0.25, 0.3) is 22.3 Å². The molecule has 1 heterocycles. The maximum atomic E-state index is 13.2. The lowest BCUT2D eigenvalue weighted by atomic mass is 10.1. The lowest BCUT2D eigenvalue weighted by Gasteiger charge is -2.04. The van der Waals surface area contributed by atoms with E-state index in [2.05, 4.69) is 5.16 Å². The summed E-state index contributed by atoms with van der Waals surface area (Å²) in [6.45, 7) is 0. The zero-order chi connectivity index (χ0) is 13.2. The third-order valence-electron chi connectivity index (χ3n) is 2.87. The number of benzene rings is 2. The first kappa shape index (κ1) is 11.5. The topological polar surface area (TPSA) is 45.7 Å². The second-order valence-corrected chi connectivity index (χ2v) is 4.10. The van der Waals surface area contributed by atoms with Gasteiger partial charge in [0.25, 0.3) is 0 Å². The molecule has 3 aromatic rings. The van der Waals surface area contributed by atoms with Gasteiger partial charge in [0, 0.05) is 17.0 Å². The molecule has 0 aliphatic heterocycles. The van der Waals surface area contributed by atoms with E-state index in [1.54, 1.807) is 6.07 Å². The van der Waals surface area contributed by atoms with Gasteiger partial charge in [-0.25, -0.2) is 4.39 Å². The van der Waals surface area contributed by atoms with E-state index in [1.165, 1.54) is 18.2 Å². The van der Waals surface area contributed by atoms with Crippen LogP contribution >= 0.6 is 0 Å². The van der Waals surface area contributed by atoms with Crippen molar-refractivity contribution in [1.29, 1.82) is 0 Å². The quantitative estimate of drug-likeness (QED) is 0.534. The van der Waals surface area contributed by atoms with Crippen molar-refractivity contribution in [2.45, 2.75) is 0 Å². The third kappa shape index (κ3) is 2.08. The minimum Gasteiger partial charge on any atom is -0.456 e. The minimum absolute atomic E-state index is 0.277. The number of fused-ring (bicyclic) bond motifs is 1. The summed E-state index contributed by atoms with van der Waals surface area (Å²) in [6, 6.07) is 15.1. The maximum absolute atomic E-state index is 13.2. The van der Waals surface area contributed by atoms with Crippen molar-refractivity contribution < 1.29 is 14.0 Å². The molecule has 0 fully saturated rings. The molecule has 1 aromatic heterocycles. The van der Waals surface area contributed by atoms with Gasteiger partial charge in [0.05, 0.1) is 0 Å². The Hall–Kier alpha value is -2.62. The lowest BCUT2D eigenvalue weighted by Crippen LogP contribution is -2.03. The molecule has 94 valence electrons. The van der Waals surface area contributed by atoms with Crippen LogP contribution in [0.15, 0.2) is 64.2 Å². The average molecular weight is 255 g/mol. The standard InChI is InChI=1S/C15H10FNO2/c16-11-6-7-14-12(8-11)13(17-18)9-15(19-14)10-4-2-1-3-5-10/h1-9,18H. The Morgan fingerprint density at radius 3 is 2.53 bits per heavy atom. The van der Waals surface area contributed by atoms with Gasteiger partial charge < -0.3 is 9.62 Å². The molecule has 0 radical (unpaired) electrons. The van der Waals surface area contributed by atoms with Crippen molar-refractivity contribution in [2.24, 2.45) is 5.16 Å². The number of hydrogen-bond donors (Lipinski definition) is 1. The SMILES string of the molecule is ON=c1cc(-c2ccccc2)oc2ccc(F)cc12. The van der Waals surface area contributed by atoms with E-state index in [-0.39, 0.29) is 5.36 Å². The van der Waals surface area contributed by atoms with E-state index in [9.17, 15) is 4.39 Å². The highest BCUT2D eigenvalue weighted by molar-refractivity contribution is 5.78. The molecule has 0 bridgehead atoms. The Kier molecular flexibility index (Phi) is 2.76. The fourth-order valence-electron chi connectivity index (χ4n) is 1.97. The molecule has 19 heavy (non-hydrogen) atoms. The Morgan fingerprint density at radius 2 is 1.79 bits per heavy atom. The number of hydrogen-bond acceptors (Lipinski definition) is 3. The summed E-state index contributed by atoms with van der Waals surface area (Å²) in [5, 5.41) is 13.0. The predicted octanol–water partition coefficient (Wildman–Crippen LogP) is 3.53. The largest absolute Gasteiger partial charge is 0.456 e. The molecule has 2 aromatic carbocycles. The summed E-state index contributed by atoms with van der Waals surface area (Å²) in [6.07, 6.45) is 0. The van der Waals surface area contributed by atoms with E-state index in [1.807, 2.05) is 30.3 Å². The van der Waals surface area contributed by atoms with Crippen LogP contribution in [0.4, 0.5) is 4.39 Å². The second kappa shape index (κ2) is 4.57. The molecule has 0 aliphatic carbocycles. The molecule has 1 N–H and O–H groups in total. The van der Waals surface area contributed by atoms with Gasteiger partial charge >= 0.3 is 0 Å². The summed E-state index contributed by atoms with van der Waals surface area (Å²) in [5.41, 5.74) is 1.33. The minimum atomic E-state index is -0.403. The Balaban J connectivity index is 2.33. The lowest BCUT2D eigenvalue weighted by molar-refractivity contribution is 0.302. The summed E-state index contributed by atoms with van der Waals surface area (Å²) in [7, 11) is 0. The zero-order valence-electron chi connectivity index (χ0n) is 9.88. The normalized spacial score (nSPS) is 11.9. The van der Waals surface area contributed by atoms with Crippen molar-refractivity contribution in [3.8, 4) is 11.3 Å². The molecule has 3 rings (SSSR count). The molecule has 0 atom stereocenters. The number of halogens is 1. The van der Waals surface area contributed by atoms with Gasteiger partial charge in [0.1, 0.15) is 22.5 Å². The monoisotopic (exact) mass is 255 g/mol. The highest BCUT2D eigenvalue weighted by Gasteiger charge is 2.06. The molecule has 4 heteroatoms. The van der Waals surface area contributed by atoms with Gasteiger partial charge in [-0.05, 0) is 18.2 Å². The van der Waals surface area contributed by atoms with E-state index in [0.29, 0.717) is 16.7 Å². The molecule has 0 aliphatic rings. The fraction of sp³-hybridized carbons (Fsp3) is 0. The summed E-state index contributed by atoms with van der Waals surface area (Å²) >= 11 is 0. The van der Waals surface area contributed by atoms with Gasteiger partial charge in [-0.3, -0.25) is 0 Å². The van der Waals surface area contributed by atoms with Gasteiger partial charge in [-0.2, -0.15) is 0 Å². The number of rotatable bonds is 1. The zero-order valence-corrected chi connectivity index (χ0v) is 9.88. The van der Waals surface area contributed by atoms with Crippen LogP contribution in [0.2, 0.25) is 0 Å². The molecule has 0 spiro atoms. The highest BCUT2D eigenvalue weighted by atomic mass is 19.1. The average Bonchev–Trinajstić information content (AvgIpc) is 2.47. The maximum Gasteiger partial charge on any atom is 0.137 e. The molecular formula is C15H10FNO2. The Morgan fingerprint density at radius 1 is 1.00 bits per heavy atom. The molecule has 0 amide bonds. The summed E-state index contributed by atoms with van der Waals surface area (Å²) in [4.78, 5) is 0. The van der Waals surface area contributed by atoms with Crippen LogP contribution < -0.4 is 5.36 Å². The van der Waals surface area contributed by atoms with Crippen LogP contribution in [0.5, 0.6) is 0 Å². The van der Waals surface area contributed by atoms with E-state index in [0.717, 1.165) is 5.56 Å². The van der Waals surface area contributed by atoms with Crippen molar-refractivity contribution >= 4 is 11.0 Å². The van der Waals surface area contributed by atoms with Crippen molar-refractivity contribution in [3.63, 3.8) is 0 Å². The molecule has 0 saturated heterocycles. The van der Waals surface area contributed by atoms with Crippen molar-refractivity contribution in [1.82, 2.24) is 0 Å². The van der Waals surface area contributed by atoms with E-state index >= 15 is 0 Å². The summed E-state index contributed by atoms with van der Waals surface area (Å²) < 4.78 is 18.9. The third-order valence-corrected chi connectivity index (χ3v) is 2.87. The summed E-state index contributed by atoms with van der Waals surface area (Å²) in [5.74, 6) is 0.160. The van der Waals surface area contributed by atoms with Gasteiger partial charge in [-0.15, -0.1) is 0 Å². The first-order valence-electron chi connectivity index (χ1n) is 5.75. The fourth-order valence-corrected chi connectivity index (χ4v) is 1.97. The smallest absolute Gasteiger partial charge is 0.137 e. The predicted molar refractivity (Wildman–Crippen MR) is 69.0 cm³/mol. The number of nitrogens with zero attached hydrogens (tertiary/aromatic N) is 1. The first-order chi connectivity index (χ1) is 9.28. The van der Waals surface area contributed by atoms with Gasteiger partial charge in [-0.1, -0.05) is 35.5 Å². The Bertz CT molecular complexity index is 794. The molecule has 3 nitrogen and oxygen atoms in total. The van der Waals surface area contributed by atoms with Crippen molar-refractivity contribution in [2.75, 3.05) is 0 Å². The molecule has 0 unspecified atom stereocenters. The van der Waals surface area contributed by atoms with Crippen LogP contribution in [0.1, 0.15) is 0 Å². The highest BCUT2D eigenvalue weighted by Crippen LogP contribution is 2.22. The van der Waals surface area contributed by atoms with Crippen LogP contribution in [0, 0.1) is 5.82 Å². The second-order valence-electron chi connectivity index (χ2n) is 4.10. The van der Waals surface area contributed by atoms with Crippen LogP contribution in [0.3, 0.4) is 0 Å².